The SMILES string of the molecule is COc1ccc(CN(c2nccs2)S(=O)(=O)c2cc(C)c(F)cc2F)c(OC)c1. The zero-order chi connectivity index (χ0) is 21.2. The Labute approximate surface area is 171 Å². The smallest absolute Gasteiger partial charge is 0.269 e. The van der Waals surface area contributed by atoms with Crippen LogP contribution >= 0.6 is 11.3 Å². The van der Waals surface area contributed by atoms with Crippen molar-refractivity contribution in [1.29, 1.82) is 0 Å². The summed E-state index contributed by atoms with van der Waals surface area (Å²) in [4.78, 5) is 3.44. The van der Waals surface area contributed by atoms with Gasteiger partial charge in [0.05, 0.1) is 20.8 Å². The number of methoxy groups -OCH3 is 2. The number of thiazole rings is 1. The van der Waals surface area contributed by atoms with Gasteiger partial charge in [-0.15, -0.1) is 11.3 Å². The maximum atomic E-state index is 14.4. The second kappa shape index (κ2) is 8.34. The van der Waals surface area contributed by atoms with Gasteiger partial charge in [-0.05, 0) is 30.7 Å². The number of aromatic nitrogens is 1. The topological polar surface area (TPSA) is 68.7 Å². The summed E-state index contributed by atoms with van der Waals surface area (Å²) in [6.07, 6.45) is 1.44. The molecule has 0 N–H and O–H groups in total. The molecule has 2 aromatic carbocycles. The molecule has 0 fully saturated rings. The molecule has 154 valence electrons. The Hall–Kier alpha value is -2.72. The standard InChI is InChI=1S/C19H18F2N2O4S2/c1-12-8-18(16(21)10-15(12)20)29(24,25)23(19-22-6-7-28-19)11-13-4-5-14(26-2)9-17(13)27-3/h4-10H,11H2,1-3H3. The van der Waals surface area contributed by atoms with Crippen LogP contribution in [-0.4, -0.2) is 27.6 Å². The van der Waals surface area contributed by atoms with E-state index in [1.54, 1.807) is 23.6 Å². The molecule has 0 aliphatic rings. The summed E-state index contributed by atoms with van der Waals surface area (Å²) in [5.74, 6) is -1.05. The zero-order valence-electron chi connectivity index (χ0n) is 15.8. The van der Waals surface area contributed by atoms with Crippen LogP contribution < -0.4 is 13.8 Å². The summed E-state index contributed by atoms with van der Waals surface area (Å²) in [7, 11) is -1.43. The lowest BCUT2D eigenvalue weighted by atomic mass is 10.2. The van der Waals surface area contributed by atoms with Gasteiger partial charge in [-0.1, -0.05) is 0 Å². The van der Waals surface area contributed by atoms with E-state index < -0.39 is 26.6 Å². The summed E-state index contributed by atoms with van der Waals surface area (Å²) in [6, 6.07) is 6.47. The van der Waals surface area contributed by atoms with Gasteiger partial charge in [0.2, 0.25) is 0 Å². The second-order valence-electron chi connectivity index (χ2n) is 6.04. The highest BCUT2D eigenvalue weighted by atomic mass is 32.2. The van der Waals surface area contributed by atoms with Crippen LogP contribution in [0.25, 0.3) is 0 Å². The number of rotatable bonds is 7. The van der Waals surface area contributed by atoms with Gasteiger partial charge >= 0.3 is 0 Å². The van der Waals surface area contributed by atoms with Crippen molar-refractivity contribution in [2.75, 3.05) is 18.5 Å². The number of anilines is 1. The normalized spacial score (nSPS) is 11.3. The molecular weight excluding hydrogens is 422 g/mol. The first-order chi connectivity index (χ1) is 13.8. The van der Waals surface area contributed by atoms with Crippen molar-refractivity contribution in [3.05, 3.63) is 64.7 Å². The van der Waals surface area contributed by atoms with Gasteiger partial charge in [0.15, 0.2) is 5.13 Å². The molecule has 0 spiro atoms. The van der Waals surface area contributed by atoms with E-state index in [0.29, 0.717) is 23.1 Å². The van der Waals surface area contributed by atoms with Crippen LogP contribution in [0.1, 0.15) is 11.1 Å². The van der Waals surface area contributed by atoms with Gasteiger partial charge in [-0.25, -0.2) is 26.5 Å². The first kappa shape index (κ1) is 21.0. The van der Waals surface area contributed by atoms with Crippen LogP contribution in [0.15, 0.2) is 46.8 Å². The minimum absolute atomic E-state index is 0.0195. The maximum absolute atomic E-state index is 14.4. The Morgan fingerprint density at radius 3 is 2.48 bits per heavy atom. The van der Waals surface area contributed by atoms with Crippen LogP contribution in [-0.2, 0) is 16.6 Å². The highest BCUT2D eigenvalue weighted by molar-refractivity contribution is 7.93. The predicted molar refractivity (Wildman–Crippen MR) is 106 cm³/mol. The monoisotopic (exact) mass is 440 g/mol. The summed E-state index contributed by atoms with van der Waals surface area (Å²) in [5.41, 5.74) is 0.539. The van der Waals surface area contributed by atoms with Gasteiger partial charge in [-0.2, -0.15) is 0 Å². The molecule has 0 atom stereocenters. The van der Waals surface area contributed by atoms with Crippen LogP contribution in [0.3, 0.4) is 0 Å². The number of hydrogen-bond donors (Lipinski definition) is 0. The molecule has 0 saturated heterocycles. The van der Waals surface area contributed by atoms with Crippen LogP contribution in [0, 0.1) is 18.6 Å². The first-order valence-electron chi connectivity index (χ1n) is 8.36. The van der Waals surface area contributed by atoms with Gasteiger partial charge in [0.25, 0.3) is 10.0 Å². The third-order valence-electron chi connectivity index (χ3n) is 4.22. The fourth-order valence-corrected chi connectivity index (χ4v) is 5.08. The number of ether oxygens (including phenoxy) is 2. The Kier molecular flexibility index (Phi) is 6.04. The largest absolute Gasteiger partial charge is 0.497 e. The molecule has 0 amide bonds. The van der Waals surface area contributed by atoms with Crippen molar-refractivity contribution in [3.8, 4) is 11.5 Å². The fraction of sp³-hybridized carbons (Fsp3) is 0.211. The zero-order valence-corrected chi connectivity index (χ0v) is 17.5. The summed E-state index contributed by atoms with van der Waals surface area (Å²) >= 11 is 1.08. The molecule has 3 rings (SSSR count). The molecule has 0 unspecified atom stereocenters. The number of benzene rings is 2. The van der Waals surface area contributed by atoms with Crippen LogP contribution in [0.2, 0.25) is 0 Å². The summed E-state index contributed by atoms with van der Waals surface area (Å²) in [5, 5.41) is 1.75. The predicted octanol–water partition coefficient (Wildman–Crippen LogP) is 4.14. The third-order valence-corrected chi connectivity index (χ3v) is 6.88. The van der Waals surface area contributed by atoms with E-state index in [1.165, 1.54) is 27.3 Å². The number of halogens is 2. The molecule has 0 saturated carbocycles. The lowest BCUT2D eigenvalue weighted by Gasteiger charge is -2.23. The van der Waals surface area contributed by atoms with Crippen molar-refractivity contribution in [1.82, 2.24) is 4.98 Å². The minimum atomic E-state index is -4.38. The van der Waals surface area contributed by atoms with Gasteiger partial charge in [0.1, 0.15) is 28.0 Å². The fourth-order valence-electron chi connectivity index (χ4n) is 2.68. The number of sulfonamides is 1. The second-order valence-corrected chi connectivity index (χ2v) is 8.74. The third kappa shape index (κ3) is 4.18. The van der Waals surface area contributed by atoms with E-state index >= 15 is 0 Å². The molecule has 0 bridgehead atoms. The van der Waals surface area contributed by atoms with Crippen LogP contribution in [0.5, 0.6) is 11.5 Å². The quantitative estimate of drug-likeness (QED) is 0.552. The van der Waals surface area contributed by atoms with E-state index in [4.69, 9.17) is 9.47 Å². The number of aryl methyl sites for hydroxylation is 1. The summed E-state index contributed by atoms with van der Waals surface area (Å²) in [6.45, 7) is 1.20. The Bertz CT molecular complexity index is 1120. The molecule has 0 radical (unpaired) electrons. The molecule has 0 aliphatic heterocycles. The first-order valence-corrected chi connectivity index (χ1v) is 10.7. The number of nitrogens with zero attached hydrogens (tertiary/aromatic N) is 2. The lowest BCUT2D eigenvalue weighted by molar-refractivity contribution is 0.391. The van der Waals surface area contributed by atoms with E-state index in [0.717, 1.165) is 21.7 Å². The Morgan fingerprint density at radius 1 is 1.10 bits per heavy atom. The van der Waals surface area contributed by atoms with Crippen molar-refractivity contribution in [2.24, 2.45) is 0 Å². The molecular formula is C19H18F2N2O4S2. The van der Waals surface area contributed by atoms with Crippen molar-refractivity contribution < 1.29 is 26.7 Å². The van der Waals surface area contributed by atoms with E-state index in [1.807, 2.05) is 0 Å². The van der Waals surface area contributed by atoms with E-state index in [2.05, 4.69) is 4.98 Å². The summed E-state index contributed by atoms with van der Waals surface area (Å²) < 4.78 is 66.1. The molecule has 1 heterocycles. The number of hydrogen-bond acceptors (Lipinski definition) is 6. The molecule has 6 nitrogen and oxygen atoms in total. The van der Waals surface area contributed by atoms with Gasteiger partial charge in [0, 0.05) is 29.3 Å². The lowest BCUT2D eigenvalue weighted by Crippen LogP contribution is -2.31. The average molecular weight is 440 g/mol. The van der Waals surface area contributed by atoms with Crippen molar-refractivity contribution in [3.63, 3.8) is 0 Å². The highest BCUT2D eigenvalue weighted by Crippen LogP contribution is 2.33. The minimum Gasteiger partial charge on any atom is -0.497 e. The van der Waals surface area contributed by atoms with E-state index in [9.17, 15) is 17.2 Å². The average Bonchev–Trinajstić information content (AvgIpc) is 3.22. The highest BCUT2D eigenvalue weighted by Gasteiger charge is 2.31. The van der Waals surface area contributed by atoms with Gasteiger partial charge < -0.3 is 9.47 Å². The van der Waals surface area contributed by atoms with Crippen molar-refractivity contribution in [2.45, 2.75) is 18.4 Å². The van der Waals surface area contributed by atoms with E-state index in [-0.39, 0.29) is 17.2 Å². The molecule has 29 heavy (non-hydrogen) atoms. The molecule has 10 heteroatoms. The molecule has 3 aromatic rings. The Balaban J connectivity index is 2.11. The van der Waals surface area contributed by atoms with Crippen molar-refractivity contribution >= 4 is 26.5 Å². The molecule has 0 aliphatic carbocycles. The maximum Gasteiger partial charge on any atom is 0.269 e. The van der Waals surface area contributed by atoms with Gasteiger partial charge in [-0.3, -0.25) is 0 Å². The van der Waals surface area contributed by atoms with Crippen LogP contribution in [0.4, 0.5) is 13.9 Å². The molecule has 1 aromatic heterocycles. The Morgan fingerprint density at radius 2 is 1.86 bits per heavy atom.